The monoisotopic (exact) mass is 232 g/mol. The Kier molecular flexibility index (Phi) is 9.92. The molecular formula is C12H28N2O2. The molecule has 98 valence electrons. The second kappa shape index (κ2) is 10.0. The van der Waals surface area contributed by atoms with Gasteiger partial charge in [-0.05, 0) is 19.3 Å². The molecule has 0 saturated carbocycles. The number of ether oxygens (including phenoxy) is 1. The van der Waals surface area contributed by atoms with E-state index >= 15 is 0 Å². The molecule has 0 heterocycles. The zero-order valence-corrected chi connectivity index (χ0v) is 11.0. The van der Waals surface area contributed by atoms with Crippen LogP contribution >= 0.6 is 0 Å². The van der Waals surface area contributed by atoms with Gasteiger partial charge in [0.05, 0.1) is 12.7 Å². The van der Waals surface area contributed by atoms with Gasteiger partial charge in [-0.3, -0.25) is 4.90 Å². The Hall–Kier alpha value is -0.160. The molecule has 0 fully saturated rings. The number of aliphatic hydroxyl groups is 1. The standard InChI is InChI=1S/C12H28N2O2/c1-4-11(5-2)14(8-9-16-3)7-6-12(15)10-13/h11-12,15H,4-10,13H2,1-3H3. The molecule has 0 saturated heterocycles. The Labute approximate surface area is 99.8 Å². The van der Waals surface area contributed by atoms with Crippen molar-refractivity contribution in [2.75, 3.05) is 33.4 Å². The van der Waals surface area contributed by atoms with Crippen LogP contribution in [0.3, 0.4) is 0 Å². The van der Waals surface area contributed by atoms with Crippen LogP contribution < -0.4 is 5.73 Å². The summed E-state index contributed by atoms with van der Waals surface area (Å²) in [5, 5.41) is 9.48. The van der Waals surface area contributed by atoms with Gasteiger partial charge in [0.2, 0.25) is 0 Å². The van der Waals surface area contributed by atoms with E-state index in [1.807, 2.05) is 0 Å². The molecule has 3 N–H and O–H groups in total. The van der Waals surface area contributed by atoms with E-state index in [9.17, 15) is 5.11 Å². The van der Waals surface area contributed by atoms with Crippen molar-refractivity contribution < 1.29 is 9.84 Å². The third kappa shape index (κ3) is 6.43. The Morgan fingerprint density at radius 3 is 2.31 bits per heavy atom. The lowest BCUT2D eigenvalue weighted by Gasteiger charge is -2.30. The van der Waals surface area contributed by atoms with E-state index in [2.05, 4.69) is 18.7 Å². The van der Waals surface area contributed by atoms with Crippen LogP contribution in [0, 0.1) is 0 Å². The lowest BCUT2D eigenvalue weighted by molar-refractivity contribution is 0.0926. The van der Waals surface area contributed by atoms with E-state index in [-0.39, 0.29) is 6.10 Å². The van der Waals surface area contributed by atoms with E-state index in [0.717, 1.165) is 39.0 Å². The fourth-order valence-corrected chi connectivity index (χ4v) is 1.92. The summed E-state index contributed by atoms with van der Waals surface area (Å²) in [6.45, 7) is 7.32. The van der Waals surface area contributed by atoms with Crippen molar-refractivity contribution in [3.8, 4) is 0 Å². The fraction of sp³-hybridized carbons (Fsp3) is 1.00. The van der Waals surface area contributed by atoms with Crippen molar-refractivity contribution in [2.45, 2.75) is 45.3 Å². The SMILES string of the molecule is CCC(CC)N(CCOC)CCC(O)CN. The van der Waals surface area contributed by atoms with E-state index in [1.165, 1.54) is 0 Å². The first kappa shape index (κ1) is 15.8. The molecule has 1 unspecified atom stereocenters. The van der Waals surface area contributed by atoms with Gasteiger partial charge in [-0.15, -0.1) is 0 Å². The quantitative estimate of drug-likeness (QED) is 0.586. The first-order valence-electron chi connectivity index (χ1n) is 6.30. The lowest BCUT2D eigenvalue weighted by atomic mass is 10.1. The van der Waals surface area contributed by atoms with Gasteiger partial charge in [0.15, 0.2) is 0 Å². The second-order valence-electron chi connectivity index (χ2n) is 4.18. The summed E-state index contributed by atoms with van der Waals surface area (Å²) in [6.07, 6.45) is 2.65. The summed E-state index contributed by atoms with van der Waals surface area (Å²) < 4.78 is 5.12. The smallest absolute Gasteiger partial charge is 0.0674 e. The molecule has 0 rings (SSSR count). The van der Waals surface area contributed by atoms with Crippen molar-refractivity contribution in [3.05, 3.63) is 0 Å². The molecule has 0 spiro atoms. The molecule has 0 aliphatic heterocycles. The van der Waals surface area contributed by atoms with Gasteiger partial charge in [0, 0.05) is 32.8 Å². The average Bonchev–Trinajstić information content (AvgIpc) is 2.32. The van der Waals surface area contributed by atoms with E-state index in [0.29, 0.717) is 12.6 Å². The summed E-state index contributed by atoms with van der Waals surface area (Å²) in [5.41, 5.74) is 5.41. The molecule has 0 radical (unpaired) electrons. The van der Waals surface area contributed by atoms with Crippen LogP contribution in [0.4, 0.5) is 0 Å². The highest BCUT2D eigenvalue weighted by atomic mass is 16.5. The Morgan fingerprint density at radius 1 is 1.25 bits per heavy atom. The highest BCUT2D eigenvalue weighted by Crippen LogP contribution is 2.09. The largest absolute Gasteiger partial charge is 0.392 e. The molecular weight excluding hydrogens is 204 g/mol. The molecule has 0 bridgehead atoms. The van der Waals surface area contributed by atoms with Crippen LogP contribution in [0.5, 0.6) is 0 Å². The predicted octanol–water partition coefficient (Wildman–Crippen LogP) is 0.833. The maximum atomic E-state index is 9.48. The number of hydrogen-bond donors (Lipinski definition) is 2. The average molecular weight is 232 g/mol. The Morgan fingerprint density at radius 2 is 1.88 bits per heavy atom. The zero-order valence-electron chi connectivity index (χ0n) is 11.0. The van der Waals surface area contributed by atoms with Gasteiger partial charge in [0.25, 0.3) is 0 Å². The molecule has 0 aromatic carbocycles. The number of methoxy groups -OCH3 is 1. The minimum absolute atomic E-state index is 0.348. The van der Waals surface area contributed by atoms with Crippen LogP contribution in [-0.2, 0) is 4.74 Å². The van der Waals surface area contributed by atoms with Crippen LogP contribution in [0.25, 0.3) is 0 Å². The molecule has 0 aliphatic rings. The van der Waals surface area contributed by atoms with Crippen LogP contribution in [0.1, 0.15) is 33.1 Å². The van der Waals surface area contributed by atoms with Gasteiger partial charge in [-0.25, -0.2) is 0 Å². The number of nitrogens with zero attached hydrogens (tertiary/aromatic N) is 1. The number of nitrogens with two attached hydrogens (primary N) is 1. The van der Waals surface area contributed by atoms with Crippen LogP contribution in [-0.4, -0.2) is 55.5 Å². The number of aliphatic hydroxyl groups excluding tert-OH is 1. The van der Waals surface area contributed by atoms with Gasteiger partial charge in [-0.2, -0.15) is 0 Å². The minimum Gasteiger partial charge on any atom is -0.392 e. The highest BCUT2D eigenvalue weighted by molar-refractivity contribution is 4.71. The van der Waals surface area contributed by atoms with Crippen LogP contribution in [0.15, 0.2) is 0 Å². The molecule has 0 aromatic heterocycles. The first-order chi connectivity index (χ1) is 7.69. The summed E-state index contributed by atoms with van der Waals surface area (Å²) in [6, 6.07) is 0.583. The molecule has 0 amide bonds. The zero-order chi connectivity index (χ0) is 12.4. The maximum absolute atomic E-state index is 9.48. The van der Waals surface area contributed by atoms with Crippen molar-refractivity contribution in [2.24, 2.45) is 5.73 Å². The summed E-state index contributed by atoms with van der Waals surface area (Å²) in [4.78, 5) is 2.39. The fourth-order valence-electron chi connectivity index (χ4n) is 1.92. The predicted molar refractivity (Wildman–Crippen MR) is 67.5 cm³/mol. The number of hydrogen-bond acceptors (Lipinski definition) is 4. The summed E-state index contributed by atoms with van der Waals surface area (Å²) >= 11 is 0. The van der Waals surface area contributed by atoms with Crippen LogP contribution in [0.2, 0.25) is 0 Å². The highest BCUT2D eigenvalue weighted by Gasteiger charge is 2.15. The normalized spacial score (nSPS) is 13.7. The molecule has 16 heavy (non-hydrogen) atoms. The van der Waals surface area contributed by atoms with E-state index < -0.39 is 0 Å². The van der Waals surface area contributed by atoms with Crippen molar-refractivity contribution >= 4 is 0 Å². The number of rotatable bonds is 10. The van der Waals surface area contributed by atoms with Gasteiger partial charge >= 0.3 is 0 Å². The van der Waals surface area contributed by atoms with Gasteiger partial charge in [-0.1, -0.05) is 13.8 Å². The molecule has 0 aliphatic carbocycles. The molecule has 4 nitrogen and oxygen atoms in total. The molecule has 4 heteroatoms. The topological polar surface area (TPSA) is 58.7 Å². The first-order valence-corrected chi connectivity index (χ1v) is 6.30. The second-order valence-corrected chi connectivity index (χ2v) is 4.18. The van der Waals surface area contributed by atoms with Crippen molar-refractivity contribution in [1.29, 1.82) is 0 Å². The third-order valence-corrected chi connectivity index (χ3v) is 3.06. The minimum atomic E-state index is -0.376. The summed E-state index contributed by atoms with van der Waals surface area (Å²) in [5.74, 6) is 0. The molecule has 1 atom stereocenters. The summed E-state index contributed by atoms with van der Waals surface area (Å²) in [7, 11) is 1.72. The van der Waals surface area contributed by atoms with Crippen molar-refractivity contribution in [1.82, 2.24) is 4.90 Å². The third-order valence-electron chi connectivity index (χ3n) is 3.06. The van der Waals surface area contributed by atoms with Gasteiger partial charge < -0.3 is 15.6 Å². The van der Waals surface area contributed by atoms with Crippen molar-refractivity contribution in [3.63, 3.8) is 0 Å². The van der Waals surface area contributed by atoms with E-state index in [1.54, 1.807) is 7.11 Å². The Balaban J connectivity index is 4.07. The Bertz CT molecular complexity index is 152. The molecule has 0 aromatic rings. The van der Waals surface area contributed by atoms with E-state index in [4.69, 9.17) is 10.5 Å². The van der Waals surface area contributed by atoms with Gasteiger partial charge in [0.1, 0.15) is 0 Å². The maximum Gasteiger partial charge on any atom is 0.0674 e. The lowest BCUT2D eigenvalue weighted by Crippen LogP contribution is -2.39.